The van der Waals surface area contributed by atoms with Crippen molar-refractivity contribution in [3.63, 3.8) is 0 Å². The summed E-state index contributed by atoms with van der Waals surface area (Å²) in [5.41, 5.74) is 2.96. The van der Waals surface area contributed by atoms with Crippen LogP contribution in [0.5, 0.6) is 0 Å². The first-order valence-corrected chi connectivity index (χ1v) is 5.70. The van der Waals surface area contributed by atoms with Crippen LogP contribution in [0.2, 0.25) is 5.15 Å². The van der Waals surface area contributed by atoms with Crippen LogP contribution in [0.1, 0.15) is 11.1 Å². The van der Waals surface area contributed by atoms with Crippen LogP contribution in [-0.4, -0.2) is 10.1 Å². The third kappa shape index (κ3) is 3.44. The molecule has 0 aliphatic carbocycles. The smallest absolute Gasteiger partial charge is 0.131 e. The third-order valence-electron chi connectivity index (χ3n) is 2.40. The van der Waals surface area contributed by atoms with Gasteiger partial charge < -0.3 is 10.4 Å². The highest BCUT2D eigenvalue weighted by atomic mass is 35.5. The molecule has 2 aromatic rings. The van der Waals surface area contributed by atoms with Crippen LogP contribution in [-0.2, 0) is 13.2 Å². The first kappa shape index (κ1) is 11.9. The van der Waals surface area contributed by atoms with Gasteiger partial charge in [-0.05, 0) is 23.3 Å². The molecule has 3 nitrogen and oxygen atoms in total. The second kappa shape index (κ2) is 5.66. The quantitative estimate of drug-likeness (QED) is 0.818. The van der Waals surface area contributed by atoms with Gasteiger partial charge in [-0.3, -0.25) is 0 Å². The second-order valence-corrected chi connectivity index (χ2v) is 4.09. The molecular weight excluding hydrogens is 236 g/mol. The molecule has 1 aromatic carbocycles. The molecule has 0 amide bonds. The summed E-state index contributed by atoms with van der Waals surface area (Å²) < 4.78 is 0. The summed E-state index contributed by atoms with van der Waals surface area (Å²) >= 11 is 5.79. The number of hydrogen-bond donors (Lipinski definition) is 2. The minimum absolute atomic E-state index is 0.0644. The number of nitrogens with one attached hydrogen (secondary N) is 1. The zero-order chi connectivity index (χ0) is 12.1. The van der Waals surface area contributed by atoms with Gasteiger partial charge in [0.15, 0.2) is 0 Å². The summed E-state index contributed by atoms with van der Waals surface area (Å²) in [6.45, 7) is 0.753. The highest BCUT2D eigenvalue weighted by Crippen LogP contribution is 2.13. The maximum Gasteiger partial charge on any atom is 0.131 e. The maximum absolute atomic E-state index is 9.04. The molecule has 0 atom stereocenters. The minimum atomic E-state index is 0.0644. The molecule has 17 heavy (non-hydrogen) atoms. The Kier molecular flexibility index (Phi) is 3.96. The lowest BCUT2D eigenvalue weighted by atomic mass is 10.1. The van der Waals surface area contributed by atoms with E-state index in [-0.39, 0.29) is 6.61 Å². The van der Waals surface area contributed by atoms with Gasteiger partial charge in [0.25, 0.3) is 0 Å². The van der Waals surface area contributed by atoms with E-state index < -0.39 is 0 Å². The molecule has 4 heteroatoms. The normalized spacial score (nSPS) is 10.2. The number of aliphatic hydroxyl groups is 1. The fourth-order valence-corrected chi connectivity index (χ4v) is 1.73. The van der Waals surface area contributed by atoms with Crippen LogP contribution in [0.15, 0.2) is 42.6 Å². The predicted octanol–water partition coefficient (Wildman–Crippen LogP) is 2.84. The summed E-state index contributed by atoms with van der Waals surface area (Å²) in [7, 11) is 0. The highest BCUT2D eigenvalue weighted by molar-refractivity contribution is 6.29. The lowest BCUT2D eigenvalue weighted by Crippen LogP contribution is -2.00. The Bertz CT molecular complexity index is 502. The summed E-state index contributed by atoms with van der Waals surface area (Å²) in [5, 5.41) is 12.8. The largest absolute Gasteiger partial charge is 0.392 e. The molecule has 2 N–H and O–H groups in total. The standard InChI is InChI=1S/C13H13ClN2O/c14-13-7-12(4-5-15-13)16-8-10-2-1-3-11(6-10)9-17/h1-7,17H,8-9H2,(H,15,16). The summed E-state index contributed by atoms with van der Waals surface area (Å²) in [4.78, 5) is 3.91. The third-order valence-corrected chi connectivity index (χ3v) is 2.60. The second-order valence-electron chi connectivity index (χ2n) is 3.70. The summed E-state index contributed by atoms with van der Waals surface area (Å²) in [6, 6.07) is 11.4. The van der Waals surface area contributed by atoms with E-state index in [0.29, 0.717) is 11.7 Å². The number of anilines is 1. The van der Waals surface area contributed by atoms with Gasteiger partial charge in [-0.25, -0.2) is 4.98 Å². The molecular formula is C13H13ClN2O. The van der Waals surface area contributed by atoms with Gasteiger partial charge in [-0.2, -0.15) is 0 Å². The number of nitrogens with zero attached hydrogens (tertiary/aromatic N) is 1. The van der Waals surface area contributed by atoms with E-state index >= 15 is 0 Å². The Hall–Kier alpha value is -1.58. The van der Waals surface area contributed by atoms with E-state index in [2.05, 4.69) is 10.3 Å². The number of pyridine rings is 1. The van der Waals surface area contributed by atoms with Crippen LogP contribution in [0, 0.1) is 0 Å². The highest BCUT2D eigenvalue weighted by Gasteiger charge is 1.97. The molecule has 0 aliphatic rings. The Labute approximate surface area is 105 Å². The fourth-order valence-electron chi connectivity index (χ4n) is 1.55. The first-order valence-electron chi connectivity index (χ1n) is 5.32. The minimum Gasteiger partial charge on any atom is -0.392 e. The van der Waals surface area contributed by atoms with E-state index in [9.17, 15) is 0 Å². The van der Waals surface area contributed by atoms with Crippen LogP contribution in [0.25, 0.3) is 0 Å². The van der Waals surface area contributed by atoms with Gasteiger partial charge in [0.05, 0.1) is 6.61 Å². The van der Waals surface area contributed by atoms with Gasteiger partial charge in [-0.1, -0.05) is 35.9 Å². The molecule has 0 radical (unpaired) electrons. The lowest BCUT2D eigenvalue weighted by Gasteiger charge is -2.07. The number of halogens is 1. The van der Waals surface area contributed by atoms with Crippen molar-refractivity contribution in [1.82, 2.24) is 4.98 Å². The summed E-state index contributed by atoms with van der Waals surface area (Å²) in [6.07, 6.45) is 1.66. The molecule has 0 aliphatic heterocycles. The Morgan fingerprint density at radius 1 is 1.18 bits per heavy atom. The molecule has 0 saturated carbocycles. The molecule has 0 saturated heterocycles. The van der Waals surface area contributed by atoms with E-state index in [0.717, 1.165) is 16.8 Å². The summed E-state index contributed by atoms with van der Waals surface area (Å²) in [5.74, 6) is 0. The topological polar surface area (TPSA) is 45.1 Å². The average molecular weight is 249 g/mol. The van der Waals surface area contributed by atoms with Crippen molar-refractivity contribution in [3.8, 4) is 0 Å². The lowest BCUT2D eigenvalue weighted by molar-refractivity contribution is 0.281. The van der Waals surface area contributed by atoms with Gasteiger partial charge in [0.2, 0.25) is 0 Å². The van der Waals surface area contributed by atoms with Crippen molar-refractivity contribution in [2.75, 3.05) is 5.32 Å². The van der Waals surface area contributed by atoms with Crippen molar-refractivity contribution in [2.24, 2.45) is 0 Å². The molecule has 2 rings (SSSR count). The van der Waals surface area contributed by atoms with Crippen molar-refractivity contribution in [3.05, 3.63) is 58.9 Å². The van der Waals surface area contributed by atoms with Crippen LogP contribution >= 0.6 is 11.6 Å². The van der Waals surface area contributed by atoms with E-state index in [1.165, 1.54) is 0 Å². The van der Waals surface area contributed by atoms with Crippen LogP contribution in [0.4, 0.5) is 5.69 Å². The predicted molar refractivity (Wildman–Crippen MR) is 68.9 cm³/mol. The SMILES string of the molecule is OCc1cccc(CNc2ccnc(Cl)c2)c1. The monoisotopic (exact) mass is 248 g/mol. The Morgan fingerprint density at radius 2 is 2.00 bits per heavy atom. The molecule has 1 aromatic heterocycles. The van der Waals surface area contributed by atoms with E-state index in [1.807, 2.05) is 30.3 Å². The average Bonchev–Trinajstić information content (AvgIpc) is 2.37. The molecule has 88 valence electrons. The zero-order valence-electron chi connectivity index (χ0n) is 9.23. The van der Waals surface area contributed by atoms with E-state index in [1.54, 1.807) is 12.3 Å². The fraction of sp³-hybridized carbons (Fsp3) is 0.154. The molecule has 0 unspecified atom stereocenters. The van der Waals surface area contributed by atoms with Gasteiger partial charge >= 0.3 is 0 Å². The van der Waals surface area contributed by atoms with Crippen molar-refractivity contribution in [1.29, 1.82) is 0 Å². The Balaban J connectivity index is 2.02. The molecule has 0 spiro atoms. The first-order chi connectivity index (χ1) is 8.28. The molecule has 1 heterocycles. The number of benzene rings is 1. The van der Waals surface area contributed by atoms with Gasteiger partial charge in [0.1, 0.15) is 5.15 Å². The van der Waals surface area contributed by atoms with Crippen molar-refractivity contribution in [2.45, 2.75) is 13.2 Å². The number of hydrogen-bond acceptors (Lipinski definition) is 3. The maximum atomic E-state index is 9.04. The van der Waals surface area contributed by atoms with Gasteiger partial charge in [-0.15, -0.1) is 0 Å². The number of rotatable bonds is 4. The molecule has 0 fully saturated rings. The van der Waals surface area contributed by atoms with Crippen molar-refractivity contribution >= 4 is 17.3 Å². The number of aromatic nitrogens is 1. The zero-order valence-corrected chi connectivity index (χ0v) is 9.98. The molecule has 0 bridgehead atoms. The van der Waals surface area contributed by atoms with Gasteiger partial charge in [0, 0.05) is 18.4 Å². The van der Waals surface area contributed by atoms with Crippen LogP contribution in [0.3, 0.4) is 0 Å². The van der Waals surface area contributed by atoms with Crippen LogP contribution < -0.4 is 5.32 Å². The van der Waals surface area contributed by atoms with E-state index in [4.69, 9.17) is 16.7 Å². The number of aliphatic hydroxyl groups excluding tert-OH is 1. The Morgan fingerprint density at radius 3 is 2.76 bits per heavy atom. The van der Waals surface area contributed by atoms with Crippen molar-refractivity contribution < 1.29 is 5.11 Å².